The van der Waals surface area contributed by atoms with Crippen molar-refractivity contribution < 1.29 is 33.6 Å². The standard InChI is InChI=1S/C42H48ClN7O7/c1-26-6-13-34-27(2)39(54-40-42(34)33(26)16-18-41(3,55-40)56-57-42)53-38(52)15-14-37(51)49(22-20-46-35-17-19-45-36-23-29(43)9-12-32(35)36)21-4-5-30-25-50(48-47-30)31-10-7-28(24-44)8-11-31/h7-12,17,19,23,25-27,33-34,39-40H,4-6,13-16,18,20-22H2,1-3H3,(H,45,46)/t26-,27-,33+,34+,39-,40-,41?,42-/m1/s1. The fraction of sp³-hybridized carbons (Fsp3) is 0.524. The highest BCUT2D eigenvalue weighted by Crippen LogP contribution is 2.60. The number of nitriles is 1. The number of rotatable bonds is 13. The highest BCUT2D eigenvalue weighted by molar-refractivity contribution is 6.31. The average Bonchev–Trinajstić information content (AvgIpc) is 3.57. The van der Waals surface area contributed by atoms with Gasteiger partial charge < -0.3 is 24.4 Å². The Hall–Kier alpha value is -4.65. The van der Waals surface area contributed by atoms with E-state index in [9.17, 15) is 9.59 Å². The maximum Gasteiger partial charge on any atom is 0.308 e. The van der Waals surface area contributed by atoms with E-state index in [2.05, 4.69) is 33.6 Å². The number of benzene rings is 2. The molecule has 1 unspecified atom stereocenters. The fourth-order valence-corrected chi connectivity index (χ4v) is 9.37. The van der Waals surface area contributed by atoms with Crippen LogP contribution in [0.2, 0.25) is 5.02 Å². The topological polar surface area (TPSA) is 163 Å². The Bertz CT molecular complexity index is 2140. The minimum absolute atomic E-state index is 0.0164. The van der Waals surface area contributed by atoms with Crippen molar-refractivity contribution in [2.24, 2.45) is 23.7 Å². The van der Waals surface area contributed by atoms with Gasteiger partial charge in [0.15, 0.2) is 11.9 Å². The molecule has 0 radical (unpaired) electrons. The average molecular weight is 798 g/mol. The highest BCUT2D eigenvalue weighted by Gasteiger charge is 2.69. The number of ether oxygens (including phenoxy) is 3. The molecule has 4 saturated heterocycles. The summed E-state index contributed by atoms with van der Waals surface area (Å²) in [5, 5.41) is 22.7. The minimum atomic E-state index is -0.933. The monoisotopic (exact) mass is 797 g/mol. The lowest BCUT2D eigenvalue weighted by Crippen LogP contribution is -2.70. The smallest absolute Gasteiger partial charge is 0.308 e. The molecule has 5 aliphatic rings. The lowest BCUT2D eigenvalue weighted by atomic mass is 9.58. The van der Waals surface area contributed by atoms with E-state index in [1.807, 2.05) is 56.4 Å². The lowest BCUT2D eigenvalue weighted by molar-refractivity contribution is -0.576. The van der Waals surface area contributed by atoms with Gasteiger partial charge >= 0.3 is 5.97 Å². The van der Waals surface area contributed by atoms with Crippen LogP contribution >= 0.6 is 11.6 Å². The van der Waals surface area contributed by atoms with E-state index in [0.717, 1.165) is 47.2 Å². The van der Waals surface area contributed by atoms with Gasteiger partial charge in [0, 0.05) is 66.6 Å². The molecule has 1 aliphatic carbocycles. The first-order valence-corrected chi connectivity index (χ1v) is 20.3. The van der Waals surface area contributed by atoms with Crippen molar-refractivity contribution in [3.8, 4) is 11.8 Å². The van der Waals surface area contributed by atoms with Crippen LogP contribution in [0.15, 0.2) is 60.9 Å². The minimum Gasteiger partial charge on any atom is -0.435 e. The van der Waals surface area contributed by atoms with E-state index < -0.39 is 29.9 Å². The highest BCUT2D eigenvalue weighted by atomic mass is 35.5. The Labute approximate surface area is 336 Å². The van der Waals surface area contributed by atoms with Crippen LogP contribution in [0.1, 0.15) is 77.0 Å². The van der Waals surface area contributed by atoms with Crippen LogP contribution in [0.5, 0.6) is 0 Å². The zero-order valence-corrected chi connectivity index (χ0v) is 33.2. The van der Waals surface area contributed by atoms with Crippen molar-refractivity contribution in [2.45, 2.75) is 96.1 Å². The first-order valence-electron chi connectivity index (χ1n) is 19.9. The maximum atomic E-state index is 13.8. The van der Waals surface area contributed by atoms with Gasteiger partial charge in [-0.2, -0.15) is 5.26 Å². The summed E-state index contributed by atoms with van der Waals surface area (Å²) in [5.41, 5.74) is 3.03. The van der Waals surface area contributed by atoms with Gasteiger partial charge in [0.05, 0.1) is 41.1 Å². The molecule has 1 amide bonds. The molecule has 1 N–H and O–H groups in total. The largest absolute Gasteiger partial charge is 0.435 e. The number of nitrogens with one attached hydrogen (secondary N) is 1. The molecule has 5 fully saturated rings. The van der Waals surface area contributed by atoms with Crippen LogP contribution in [0.25, 0.3) is 16.6 Å². The SMILES string of the molecule is C[C@H]1[C@H](OC(=O)CCC(=O)N(CCCc2cn(-c3ccc(C#N)cc3)nn2)CCNc2ccnc3cc(Cl)ccc23)O[C@@H]2OC3(C)CC[C@H]4[C@H](C)CC[C@@H]1[C@@]24OO3. The number of esters is 1. The van der Waals surface area contributed by atoms with Crippen molar-refractivity contribution in [3.05, 3.63) is 77.2 Å². The Morgan fingerprint density at radius 1 is 1.07 bits per heavy atom. The van der Waals surface area contributed by atoms with E-state index in [-0.39, 0.29) is 36.5 Å². The summed E-state index contributed by atoms with van der Waals surface area (Å²) < 4.78 is 20.5. The first kappa shape index (κ1) is 39.2. The van der Waals surface area contributed by atoms with Gasteiger partial charge in [-0.15, -0.1) is 5.10 Å². The number of carbonyl (C=O) groups is 2. The summed E-state index contributed by atoms with van der Waals surface area (Å²) in [6.45, 7) is 7.46. The van der Waals surface area contributed by atoms with Crippen LogP contribution in [-0.4, -0.2) is 80.4 Å². The molecule has 300 valence electrons. The van der Waals surface area contributed by atoms with Crippen LogP contribution < -0.4 is 5.32 Å². The fourth-order valence-electron chi connectivity index (χ4n) is 9.20. The number of anilines is 1. The number of amides is 1. The molecule has 2 bridgehead atoms. The van der Waals surface area contributed by atoms with E-state index in [1.54, 1.807) is 27.9 Å². The van der Waals surface area contributed by atoms with Crippen molar-refractivity contribution in [1.82, 2.24) is 24.9 Å². The van der Waals surface area contributed by atoms with Crippen molar-refractivity contribution in [1.29, 1.82) is 5.26 Å². The summed E-state index contributed by atoms with van der Waals surface area (Å²) in [4.78, 5) is 45.6. The third-order valence-electron chi connectivity index (χ3n) is 12.3. The van der Waals surface area contributed by atoms with Crippen molar-refractivity contribution in [3.63, 3.8) is 0 Å². The summed E-state index contributed by atoms with van der Waals surface area (Å²) in [5.74, 6) is -1.12. The molecule has 4 aliphatic heterocycles. The number of nitrogens with zero attached hydrogens (tertiary/aromatic N) is 6. The van der Waals surface area contributed by atoms with Crippen molar-refractivity contribution >= 4 is 40.1 Å². The summed E-state index contributed by atoms with van der Waals surface area (Å²) in [6, 6.07) is 16.7. The van der Waals surface area contributed by atoms with Gasteiger partial charge in [0.2, 0.25) is 18.0 Å². The predicted octanol–water partition coefficient (Wildman–Crippen LogP) is 6.75. The number of hydrogen-bond donors (Lipinski definition) is 1. The van der Waals surface area contributed by atoms with E-state index in [1.165, 1.54) is 0 Å². The maximum absolute atomic E-state index is 13.8. The molecule has 1 saturated carbocycles. The molecule has 4 aromatic rings. The number of hydrogen-bond acceptors (Lipinski definition) is 12. The van der Waals surface area contributed by atoms with Crippen LogP contribution in [0, 0.1) is 35.0 Å². The molecule has 6 heterocycles. The zero-order chi connectivity index (χ0) is 39.7. The lowest BCUT2D eigenvalue weighted by Gasteiger charge is -2.59. The third kappa shape index (κ3) is 7.96. The second kappa shape index (κ2) is 16.3. The van der Waals surface area contributed by atoms with Gasteiger partial charge in [-0.3, -0.25) is 14.6 Å². The van der Waals surface area contributed by atoms with Gasteiger partial charge in [0.25, 0.3) is 0 Å². The second-order valence-electron chi connectivity index (χ2n) is 16.0. The molecule has 15 heteroatoms. The number of aryl methyl sites for hydroxylation is 1. The summed E-state index contributed by atoms with van der Waals surface area (Å²) in [7, 11) is 0. The molecular formula is C42H48ClN7O7. The normalized spacial score (nSPS) is 28.9. The number of fused-ring (bicyclic) bond motifs is 3. The predicted molar refractivity (Wildman–Crippen MR) is 208 cm³/mol. The Kier molecular flexibility index (Phi) is 11.2. The van der Waals surface area contributed by atoms with Gasteiger partial charge in [-0.25, -0.2) is 14.5 Å². The van der Waals surface area contributed by atoms with Gasteiger partial charge in [-0.05, 0) is 99.4 Å². The molecule has 2 aromatic heterocycles. The summed E-state index contributed by atoms with van der Waals surface area (Å²) >= 11 is 6.20. The van der Waals surface area contributed by atoms with E-state index >= 15 is 0 Å². The van der Waals surface area contributed by atoms with Crippen LogP contribution in [0.3, 0.4) is 0 Å². The Morgan fingerprint density at radius 2 is 1.91 bits per heavy atom. The van der Waals surface area contributed by atoms with E-state index in [0.29, 0.717) is 55.4 Å². The van der Waals surface area contributed by atoms with Crippen molar-refractivity contribution in [2.75, 3.05) is 25.0 Å². The van der Waals surface area contributed by atoms with Gasteiger partial charge in [-0.1, -0.05) is 30.7 Å². The number of aromatic nitrogens is 4. The molecule has 8 atom stereocenters. The van der Waals surface area contributed by atoms with Crippen LogP contribution in [0.4, 0.5) is 5.69 Å². The number of pyridine rings is 1. The molecular weight excluding hydrogens is 750 g/mol. The Balaban J connectivity index is 0.901. The Morgan fingerprint density at radius 3 is 2.74 bits per heavy atom. The second-order valence-corrected chi connectivity index (χ2v) is 16.4. The third-order valence-corrected chi connectivity index (χ3v) is 12.5. The number of halogens is 1. The molecule has 1 spiro atoms. The molecule has 9 rings (SSSR count). The summed E-state index contributed by atoms with van der Waals surface area (Å²) in [6.07, 6.45) is 6.62. The molecule has 14 nitrogen and oxygen atoms in total. The quantitative estimate of drug-likeness (QED) is 0.112. The molecule has 2 aromatic carbocycles. The zero-order valence-electron chi connectivity index (χ0n) is 32.4. The van der Waals surface area contributed by atoms with Crippen LogP contribution in [-0.2, 0) is 40.0 Å². The van der Waals surface area contributed by atoms with E-state index in [4.69, 9.17) is 40.8 Å². The number of carbonyl (C=O) groups excluding carboxylic acids is 2. The molecule has 57 heavy (non-hydrogen) atoms. The van der Waals surface area contributed by atoms with Gasteiger partial charge in [0.1, 0.15) is 0 Å². The first-order chi connectivity index (χ1) is 27.5.